The molecule has 1 N–H and O–H groups in total. The minimum Gasteiger partial charge on any atom is -0.321 e. The first-order chi connectivity index (χ1) is 11.0. The van der Waals surface area contributed by atoms with Crippen LogP contribution in [0.1, 0.15) is 21.5 Å². The maximum atomic E-state index is 13.2. The van der Waals surface area contributed by atoms with Gasteiger partial charge in [0.2, 0.25) is 0 Å². The van der Waals surface area contributed by atoms with Gasteiger partial charge in [-0.05, 0) is 43.2 Å². The molecule has 3 aromatic rings. The highest BCUT2D eigenvalue weighted by atomic mass is 35.5. The molecule has 0 saturated heterocycles. The first kappa shape index (κ1) is 15.4. The van der Waals surface area contributed by atoms with E-state index in [0.717, 1.165) is 16.8 Å². The van der Waals surface area contributed by atoms with E-state index in [1.807, 2.05) is 32.0 Å². The SMILES string of the molecule is Cc1cccc(C)c1NC(=O)c1cc2ccc(F)cc2nc1Cl. The van der Waals surface area contributed by atoms with Crippen molar-refractivity contribution in [1.82, 2.24) is 4.98 Å². The Morgan fingerprint density at radius 2 is 1.83 bits per heavy atom. The van der Waals surface area contributed by atoms with Crippen molar-refractivity contribution in [2.75, 3.05) is 5.32 Å². The van der Waals surface area contributed by atoms with Crippen LogP contribution in [0.15, 0.2) is 42.5 Å². The van der Waals surface area contributed by atoms with Crippen LogP contribution in [0, 0.1) is 19.7 Å². The lowest BCUT2D eigenvalue weighted by molar-refractivity contribution is 0.102. The van der Waals surface area contributed by atoms with Crippen LogP contribution in [0.3, 0.4) is 0 Å². The van der Waals surface area contributed by atoms with E-state index in [2.05, 4.69) is 10.3 Å². The quantitative estimate of drug-likeness (QED) is 0.680. The number of pyridine rings is 1. The number of rotatable bonds is 2. The van der Waals surface area contributed by atoms with Crippen LogP contribution in [0.2, 0.25) is 5.15 Å². The number of hydrogen-bond donors (Lipinski definition) is 1. The molecule has 0 radical (unpaired) electrons. The number of hydrogen-bond acceptors (Lipinski definition) is 2. The molecular weight excluding hydrogens is 315 g/mol. The van der Waals surface area contributed by atoms with Crippen LogP contribution >= 0.6 is 11.6 Å². The van der Waals surface area contributed by atoms with Crippen LogP contribution in [-0.2, 0) is 0 Å². The number of halogens is 2. The van der Waals surface area contributed by atoms with Crippen molar-refractivity contribution in [2.24, 2.45) is 0 Å². The maximum absolute atomic E-state index is 13.2. The topological polar surface area (TPSA) is 42.0 Å². The third kappa shape index (κ3) is 3.03. The summed E-state index contributed by atoms with van der Waals surface area (Å²) in [7, 11) is 0. The third-order valence-electron chi connectivity index (χ3n) is 3.70. The molecule has 0 aliphatic heterocycles. The van der Waals surface area contributed by atoms with Gasteiger partial charge in [-0.1, -0.05) is 29.8 Å². The van der Waals surface area contributed by atoms with Crippen molar-refractivity contribution in [1.29, 1.82) is 0 Å². The van der Waals surface area contributed by atoms with Gasteiger partial charge in [-0.2, -0.15) is 0 Å². The standard InChI is InChI=1S/C18H14ClFN2O/c1-10-4-3-5-11(2)16(10)22-18(23)14-8-12-6-7-13(20)9-15(12)21-17(14)19/h3-9H,1-2H3,(H,22,23). The molecule has 1 amide bonds. The lowest BCUT2D eigenvalue weighted by Gasteiger charge is -2.12. The van der Waals surface area contributed by atoms with Gasteiger partial charge in [0.1, 0.15) is 11.0 Å². The summed E-state index contributed by atoms with van der Waals surface area (Å²) >= 11 is 6.10. The molecule has 0 spiro atoms. The summed E-state index contributed by atoms with van der Waals surface area (Å²) in [4.78, 5) is 16.6. The van der Waals surface area contributed by atoms with Crippen molar-refractivity contribution in [3.63, 3.8) is 0 Å². The Morgan fingerprint density at radius 1 is 1.13 bits per heavy atom. The van der Waals surface area contributed by atoms with Crippen molar-refractivity contribution in [3.05, 3.63) is 70.1 Å². The number of carbonyl (C=O) groups excluding carboxylic acids is 1. The van der Waals surface area contributed by atoms with Gasteiger partial charge < -0.3 is 5.32 Å². The molecule has 116 valence electrons. The van der Waals surface area contributed by atoms with Crippen LogP contribution < -0.4 is 5.32 Å². The molecule has 0 aliphatic carbocycles. The van der Waals surface area contributed by atoms with E-state index in [4.69, 9.17) is 11.6 Å². The molecule has 5 heteroatoms. The summed E-state index contributed by atoms with van der Waals surface area (Å²) in [5.41, 5.74) is 3.36. The molecule has 3 nitrogen and oxygen atoms in total. The minimum absolute atomic E-state index is 0.0480. The van der Waals surface area contributed by atoms with Crippen molar-refractivity contribution in [2.45, 2.75) is 13.8 Å². The number of aryl methyl sites for hydroxylation is 2. The first-order valence-corrected chi connectivity index (χ1v) is 7.47. The predicted octanol–water partition coefficient (Wildman–Crippen LogP) is 4.90. The summed E-state index contributed by atoms with van der Waals surface area (Å²) in [6.45, 7) is 3.84. The van der Waals surface area contributed by atoms with E-state index < -0.39 is 5.82 Å². The fourth-order valence-corrected chi connectivity index (χ4v) is 2.70. The van der Waals surface area contributed by atoms with Gasteiger partial charge in [-0.3, -0.25) is 4.79 Å². The number of carbonyl (C=O) groups is 1. The second-order valence-electron chi connectivity index (χ2n) is 5.38. The molecule has 23 heavy (non-hydrogen) atoms. The maximum Gasteiger partial charge on any atom is 0.258 e. The fraction of sp³-hybridized carbons (Fsp3) is 0.111. The van der Waals surface area contributed by atoms with Gasteiger partial charge in [-0.15, -0.1) is 0 Å². The molecule has 2 aromatic carbocycles. The zero-order valence-electron chi connectivity index (χ0n) is 12.7. The number of aromatic nitrogens is 1. The molecule has 1 aromatic heterocycles. The minimum atomic E-state index is -0.395. The summed E-state index contributed by atoms with van der Waals surface area (Å²) in [6.07, 6.45) is 0. The highest BCUT2D eigenvalue weighted by Gasteiger charge is 2.15. The highest BCUT2D eigenvalue weighted by molar-refractivity contribution is 6.33. The van der Waals surface area contributed by atoms with E-state index in [1.165, 1.54) is 12.1 Å². The molecule has 0 bridgehead atoms. The van der Waals surface area contributed by atoms with E-state index >= 15 is 0 Å². The van der Waals surface area contributed by atoms with E-state index in [0.29, 0.717) is 10.9 Å². The number of nitrogens with zero attached hydrogens (tertiary/aromatic N) is 1. The average molecular weight is 329 g/mol. The van der Waals surface area contributed by atoms with Crippen LogP contribution in [0.5, 0.6) is 0 Å². The smallest absolute Gasteiger partial charge is 0.258 e. The molecule has 0 saturated carbocycles. The number of anilines is 1. The Morgan fingerprint density at radius 3 is 2.52 bits per heavy atom. The molecule has 0 aliphatic rings. The van der Waals surface area contributed by atoms with Gasteiger partial charge in [-0.25, -0.2) is 9.37 Å². The van der Waals surface area contributed by atoms with Crippen LogP contribution in [0.4, 0.5) is 10.1 Å². The third-order valence-corrected chi connectivity index (χ3v) is 3.99. The highest BCUT2D eigenvalue weighted by Crippen LogP contribution is 2.24. The Hall–Kier alpha value is -2.46. The van der Waals surface area contributed by atoms with Gasteiger partial charge in [0.15, 0.2) is 0 Å². The van der Waals surface area contributed by atoms with Crippen molar-refractivity contribution >= 4 is 34.1 Å². The second kappa shape index (κ2) is 5.97. The largest absolute Gasteiger partial charge is 0.321 e. The van der Waals surface area contributed by atoms with Crippen LogP contribution in [0.25, 0.3) is 10.9 Å². The summed E-state index contributed by atoms with van der Waals surface area (Å²) < 4.78 is 13.2. The monoisotopic (exact) mass is 328 g/mol. The van der Waals surface area contributed by atoms with E-state index in [9.17, 15) is 9.18 Å². The molecule has 3 rings (SSSR count). The first-order valence-electron chi connectivity index (χ1n) is 7.09. The predicted molar refractivity (Wildman–Crippen MR) is 90.6 cm³/mol. The van der Waals surface area contributed by atoms with Crippen molar-refractivity contribution < 1.29 is 9.18 Å². The zero-order chi connectivity index (χ0) is 16.6. The number of para-hydroxylation sites is 1. The summed E-state index contributed by atoms with van der Waals surface area (Å²) in [6, 6.07) is 11.6. The van der Waals surface area contributed by atoms with Crippen molar-refractivity contribution in [3.8, 4) is 0 Å². The average Bonchev–Trinajstić information content (AvgIpc) is 2.50. The normalized spacial score (nSPS) is 10.8. The molecular formula is C18H14ClFN2O. The van der Waals surface area contributed by atoms with Gasteiger partial charge in [0.05, 0.1) is 11.1 Å². The summed E-state index contributed by atoms with van der Waals surface area (Å²) in [5, 5.41) is 3.58. The number of fused-ring (bicyclic) bond motifs is 1. The molecule has 0 atom stereocenters. The lowest BCUT2D eigenvalue weighted by atomic mass is 10.1. The van der Waals surface area contributed by atoms with Gasteiger partial charge in [0.25, 0.3) is 5.91 Å². The van der Waals surface area contributed by atoms with Crippen LogP contribution in [-0.4, -0.2) is 10.9 Å². The zero-order valence-corrected chi connectivity index (χ0v) is 13.4. The summed E-state index contributed by atoms with van der Waals surface area (Å²) in [5.74, 6) is -0.736. The Kier molecular flexibility index (Phi) is 4.01. The fourth-order valence-electron chi connectivity index (χ4n) is 2.47. The molecule has 0 fully saturated rings. The Balaban J connectivity index is 2.01. The lowest BCUT2D eigenvalue weighted by Crippen LogP contribution is -2.15. The Labute approximate surface area is 138 Å². The van der Waals surface area contributed by atoms with Gasteiger partial charge in [0, 0.05) is 17.1 Å². The molecule has 0 unspecified atom stereocenters. The van der Waals surface area contributed by atoms with E-state index in [1.54, 1.807) is 12.1 Å². The Bertz CT molecular complexity index is 904. The number of amides is 1. The number of nitrogens with one attached hydrogen (secondary N) is 1. The second-order valence-corrected chi connectivity index (χ2v) is 5.74. The van der Waals surface area contributed by atoms with Gasteiger partial charge >= 0.3 is 0 Å². The number of benzene rings is 2. The molecule has 1 heterocycles. The van der Waals surface area contributed by atoms with E-state index in [-0.39, 0.29) is 16.6 Å².